The highest BCUT2D eigenvalue weighted by Crippen LogP contribution is 2.21. The molecule has 0 bridgehead atoms. The third-order valence-corrected chi connectivity index (χ3v) is 6.41. The van der Waals surface area contributed by atoms with E-state index in [0.717, 1.165) is 13.4 Å². The summed E-state index contributed by atoms with van der Waals surface area (Å²) in [4.78, 5) is 11.6. The third-order valence-electron chi connectivity index (χ3n) is 3.56. The van der Waals surface area contributed by atoms with E-state index in [4.69, 9.17) is 11.6 Å². The summed E-state index contributed by atoms with van der Waals surface area (Å²) in [6.07, 6.45) is 0.0789. The minimum atomic E-state index is -3.94. The topological polar surface area (TPSA) is 74.7 Å². The molecule has 0 aliphatic rings. The molecule has 1 atom stereocenters. The molecule has 2 rings (SSSR count). The summed E-state index contributed by atoms with van der Waals surface area (Å²) in [5, 5.41) is 9.89. The summed E-state index contributed by atoms with van der Waals surface area (Å²) >= 11 is 7.92. The van der Waals surface area contributed by atoms with Crippen LogP contribution >= 0.6 is 34.2 Å². The van der Waals surface area contributed by atoms with Gasteiger partial charge in [-0.3, -0.25) is 4.79 Å². The average Bonchev–Trinajstić information content (AvgIpc) is 2.53. The van der Waals surface area contributed by atoms with Crippen molar-refractivity contribution in [2.24, 2.45) is 0 Å². The molecule has 128 valence electrons. The van der Waals surface area contributed by atoms with Crippen LogP contribution in [-0.2, 0) is 21.2 Å². The van der Waals surface area contributed by atoms with Gasteiger partial charge in [0.05, 0.1) is 4.90 Å². The Kier molecular flexibility index (Phi) is 6.24. The monoisotopic (exact) mass is 479 g/mol. The van der Waals surface area contributed by atoms with Gasteiger partial charge in [0.2, 0.25) is 10.0 Å². The number of sulfonamides is 1. The van der Waals surface area contributed by atoms with Crippen molar-refractivity contribution in [2.45, 2.75) is 17.4 Å². The Morgan fingerprint density at radius 3 is 2.21 bits per heavy atom. The fourth-order valence-corrected chi connectivity index (χ4v) is 3.95. The highest BCUT2D eigenvalue weighted by Gasteiger charge is 2.32. The number of hydrogen-bond acceptors (Lipinski definition) is 3. The molecule has 0 fully saturated rings. The lowest BCUT2D eigenvalue weighted by molar-refractivity contribution is -0.141. The van der Waals surface area contributed by atoms with Crippen molar-refractivity contribution in [3.05, 3.63) is 62.7 Å². The van der Waals surface area contributed by atoms with Gasteiger partial charge in [-0.05, 0) is 71.0 Å². The molecule has 8 heteroatoms. The van der Waals surface area contributed by atoms with E-state index in [9.17, 15) is 18.3 Å². The highest BCUT2D eigenvalue weighted by molar-refractivity contribution is 14.1. The molecule has 0 saturated heterocycles. The second-order valence-electron chi connectivity index (χ2n) is 5.16. The minimum Gasteiger partial charge on any atom is -0.480 e. The third kappa shape index (κ3) is 4.47. The summed E-state index contributed by atoms with van der Waals surface area (Å²) in [6.45, 7) is 0. The molecule has 0 aliphatic carbocycles. The molecule has 1 unspecified atom stereocenters. The lowest BCUT2D eigenvalue weighted by atomic mass is 10.1. The molecule has 0 spiro atoms. The number of hydrogen-bond donors (Lipinski definition) is 1. The van der Waals surface area contributed by atoms with Gasteiger partial charge in [-0.2, -0.15) is 4.31 Å². The lowest BCUT2D eigenvalue weighted by Gasteiger charge is -2.24. The molecule has 0 radical (unpaired) electrons. The smallest absolute Gasteiger partial charge is 0.322 e. The zero-order valence-corrected chi connectivity index (χ0v) is 16.4. The number of nitrogens with zero attached hydrogens (tertiary/aromatic N) is 1. The van der Waals surface area contributed by atoms with Crippen LogP contribution in [0.2, 0.25) is 5.02 Å². The van der Waals surface area contributed by atoms with E-state index in [1.54, 1.807) is 12.1 Å². The second kappa shape index (κ2) is 7.81. The van der Waals surface area contributed by atoms with Crippen LogP contribution in [-0.4, -0.2) is 36.9 Å². The Bertz CT molecular complexity index is 822. The van der Waals surface area contributed by atoms with E-state index in [0.29, 0.717) is 5.02 Å². The van der Waals surface area contributed by atoms with E-state index in [2.05, 4.69) is 22.6 Å². The number of likely N-dealkylation sites (N-methyl/N-ethyl adjacent to an activating group) is 1. The molecule has 24 heavy (non-hydrogen) atoms. The summed E-state index contributed by atoms with van der Waals surface area (Å²) in [7, 11) is -2.66. The Morgan fingerprint density at radius 2 is 1.71 bits per heavy atom. The number of benzene rings is 2. The fourth-order valence-electron chi connectivity index (χ4n) is 2.16. The number of rotatable bonds is 6. The van der Waals surface area contributed by atoms with Crippen LogP contribution in [0.5, 0.6) is 0 Å². The summed E-state index contributed by atoms with van der Waals surface area (Å²) in [5.41, 5.74) is 0.751. The number of halogens is 2. The van der Waals surface area contributed by atoms with Crippen molar-refractivity contribution in [1.82, 2.24) is 4.31 Å². The summed E-state index contributed by atoms with van der Waals surface area (Å²) < 4.78 is 27.2. The van der Waals surface area contributed by atoms with Crippen molar-refractivity contribution < 1.29 is 18.3 Å². The normalized spacial score (nSPS) is 13.0. The molecule has 0 saturated carbocycles. The fraction of sp³-hybridized carbons (Fsp3) is 0.188. The quantitative estimate of drug-likeness (QED) is 0.646. The van der Waals surface area contributed by atoms with E-state index < -0.39 is 22.0 Å². The van der Waals surface area contributed by atoms with Crippen LogP contribution in [0.25, 0.3) is 0 Å². The van der Waals surface area contributed by atoms with Crippen LogP contribution in [0.4, 0.5) is 0 Å². The van der Waals surface area contributed by atoms with E-state index in [1.165, 1.54) is 31.3 Å². The molecule has 0 aliphatic heterocycles. The van der Waals surface area contributed by atoms with E-state index in [-0.39, 0.29) is 11.3 Å². The first-order valence-corrected chi connectivity index (χ1v) is 9.82. The highest BCUT2D eigenvalue weighted by atomic mass is 127. The maximum Gasteiger partial charge on any atom is 0.322 e. The van der Waals surface area contributed by atoms with Crippen molar-refractivity contribution >= 4 is 50.2 Å². The van der Waals surface area contributed by atoms with E-state index in [1.807, 2.05) is 12.1 Å². The number of aliphatic carboxylic acids is 1. The first-order chi connectivity index (χ1) is 11.2. The van der Waals surface area contributed by atoms with Crippen LogP contribution in [0, 0.1) is 3.57 Å². The molecule has 2 aromatic rings. The summed E-state index contributed by atoms with van der Waals surface area (Å²) in [5.74, 6) is -1.20. The molecular formula is C16H15ClINO4S. The Balaban J connectivity index is 2.31. The maximum atomic E-state index is 12.7. The first-order valence-electron chi connectivity index (χ1n) is 6.92. The Labute approximate surface area is 159 Å². The molecule has 0 aromatic heterocycles. The predicted molar refractivity (Wildman–Crippen MR) is 101 cm³/mol. The maximum absolute atomic E-state index is 12.7. The SMILES string of the molecule is CN(C(Cc1ccc(I)cc1)C(=O)O)S(=O)(=O)c1ccc(Cl)cc1. The van der Waals surface area contributed by atoms with Gasteiger partial charge in [0.25, 0.3) is 0 Å². The minimum absolute atomic E-state index is 0.00302. The first kappa shape index (κ1) is 19.2. The standard InChI is InChI=1S/C16H15ClINO4S/c1-19(24(22,23)14-8-4-12(17)5-9-14)15(16(20)21)10-11-2-6-13(18)7-3-11/h2-9,15H,10H2,1H3,(H,20,21). The van der Waals surface area contributed by atoms with Gasteiger partial charge in [0.1, 0.15) is 6.04 Å². The van der Waals surface area contributed by atoms with Gasteiger partial charge in [-0.25, -0.2) is 8.42 Å². The van der Waals surface area contributed by atoms with Gasteiger partial charge >= 0.3 is 5.97 Å². The van der Waals surface area contributed by atoms with Gasteiger partial charge < -0.3 is 5.11 Å². The molecule has 1 N–H and O–H groups in total. The molecule has 2 aromatic carbocycles. The van der Waals surface area contributed by atoms with Gasteiger partial charge in [0.15, 0.2) is 0 Å². The Hall–Kier alpha value is -1.16. The molecule has 5 nitrogen and oxygen atoms in total. The zero-order valence-electron chi connectivity index (χ0n) is 12.7. The summed E-state index contributed by atoms with van der Waals surface area (Å²) in [6, 6.07) is 11.7. The molecule has 0 amide bonds. The van der Waals surface area contributed by atoms with E-state index >= 15 is 0 Å². The predicted octanol–water partition coefficient (Wildman–Crippen LogP) is 3.26. The number of carbonyl (C=O) groups is 1. The van der Waals surface area contributed by atoms with Crippen molar-refractivity contribution in [3.8, 4) is 0 Å². The van der Waals surface area contributed by atoms with Gasteiger partial charge in [0, 0.05) is 15.6 Å². The average molecular weight is 480 g/mol. The number of carboxylic acids is 1. The van der Waals surface area contributed by atoms with Crippen molar-refractivity contribution in [3.63, 3.8) is 0 Å². The van der Waals surface area contributed by atoms with Crippen LogP contribution < -0.4 is 0 Å². The van der Waals surface area contributed by atoms with Gasteiger partial charge in [-0.15, -0.1) is 0 Å². The van der Waals surface area contributed by atoms with Crippen LogP contribution in [0.1, 0.15) is 5.56 Å². The molecule has 0 heterocycles. The number of carboxylic acid groups (broad SMARTS) is 1. The lowest BCUT2D eigenvalue weighted by Crippen LogP contribution is -2.43. The second-order valence-corrected chi connectivity index (χ2v) is 8.84. The zero-order chi connectivity index (χ0) is 17.9. The van der Waals surface area contributed by atoms with Crippen LogP contribution in [0.3, 0.4) is 0 Å². The van der Waals surface area contributed by atoms with Crippen LogP contribution in [0.15, 0.2) is 53.4 Å². The Morgan fingerprint density at radius 1 is 1.17 bits per heavy atom. The largest absolute Gasteiger partial charge is 0.480 e. The van der Waals surface area contributed by atoms with Crippen molar-refractivity contribution in [2.75, 3.05) is 7.05 Å². The van der Waals surface area contributed by atoms with Gasteiger partial charge in [-0.1, -0.05) is 23.7 Å². The molecular weight excluding hydrogens is 465 g/mol. The van der Waals surface area contributed by atoms with Crippen molar-refractivity contribution in [1.29, 1.82) is 0 Å².